The van der Waals surface area contributed by atoms with Gasteiger partial charge in [0.15, 0.2) is 0 Å². The smallest absolute Gasteiger partial charge is 0.228 e. The van der Waals surface area contributed by atoms with E-state index in [-0.39, 0.29) is 11.8 Å². The van der Waals surface area contributed by atoms with Crippen LogP contribution < -0.4 is 5.32 Å². The summed E-state index contributed by atoms with van der Waals surface area (Å²) in [5.74, 6) is -0.169. The van der Waals surface area contributed by atoms with Crippen molar-refractivity contribution < 1.29 is 9.90 Å². The van der Waals surface area contributed by atoms with Crippen LogP contribution >= 0.6 is 0 Å². The lowest BCUT2D eigenvalue weighted by Crippen LogP contribution is -2.53. The molecule has 1 saturated heterocycles. The van der Waals surface area contributed by atoms with Crippen molar-refractivity contribution in [2.75, 3.05) is 20.1 Å². The summed E-state index contributed by atoms with van der Waals surface area (Å²) in [5.41, 5.74) is -0.814. The molecule has 4 heteroatoms. The maximum absolute atomic E-state index is 12.6. The van der Waals surface area contributed by atoms with Crippen molar-refractivity contribution in [1.29, 1.82) is 0 Å². The molecule has 110 valence electrons. The van der Waals surface area contributed by atoms with E-state index in [0.717, 1.165) is 25.9 Å². The van der Waals surface area contributed by atoms with E-state index in [1.807, 2.05) is 18.9 Å². The highest BCUT2D eigenvalue weighted by Crippen LogP contribution is 2.30. The van der Waals surface area contributed by atoms with Crippen molar-refractivity contribution in [1.82, 2.24) is 10.2 Å². The van der Waals surface area contributed by atoms with Gasteiger partial charge in [-0.15, -0.1) is 0 Å². The van der Waals surface area contributed by atoms with Gasteiger partial charge in [-0.2, -0.15) is 0 Å². The lowest BCUT2D eigenvalue weighted by Gasteiger charge is -2.40. The molecule has 2 aliphatic rings. The molecule has 0 aromatic heterocycles. The number of aliphatic hydroxyl groups is 1. The van der Waals surface area contributed by atoms with Gasteiger partial charge in [0, 0.05) is 13.1 Å². The van der Waals surface area contributed by atoms with Gasteiger partial charge in [0.2, 0.25) is 5.91 Å². The van der Waals surface area contributed by atoms with E-state index in [0.29, 0.717) is 18.9 Å². The molecule has 1 amide bonds. The molecular formula is C15H28N2O2. The van der Waals surface area contributed by atoms with Gasteiger partial charge in [0.1, 0.15) is 0 Å². The van der Waals surface area contributed by atoms with Gasteiger partial charge in [0.05, 0.1) is 11.5 Å². The molecule has 2 N–H and O–H groups in total. The molecular weight excluding hydrogens is 240 g/mol. The van der Waals surface area contributed by atoms with E-state index in [1.54, 1.807) is 0 Å². The molecule has 1 atom stereocenters. The summed E-state index contributed by atoms with van der Waals surface area (Å²) in [7, 11) is 1.92. The Bertz CT molecular complexity index is 307. The van der Waals surface area contributed by atoms with Crippen LogP contribution in [0.15, 0.2) is 0 Å². The molecule has 4 nitrogen and oxygen atoms in total. The fraction of sp³-hybridized carbons (Fsp3) is 0.933. The van der Waals surface area contributed by atoms with Gasteiger partial charge < -0.3 is 15.3 Å². The van der Waals surface area contributed by atoms with Gasteiger partial charge in [-0.3, -0.25) is 4.79 Å². The summed E-state index contributed by atoms with van der Waals surface area (Å²) >= 11 is 0. The number of hydrogen-bond acceptors (Lipinski definition) is 3. The highest BCUT2D eigenvalue weighted by Gasteiger charge is 2.41. The SMILES string of the molecule is CC(C(=O)N(C)C1CCCCC1)C1(O)CCNCC1. The summed E-state index contributed by atoms with van der Waals surface area (Å²) in [6.45, 7) is 3.51. The zero-order valence-corrected chi connectivity index (χ0v) is 12.3. The average molecular weight is 268 g/mol. The molecule has 19 heavy (non-hydrogen) atoms. The lowest BCUT2D eigenvalue weighted by molar-refractivity contribution is -0.147. The predicted octanol–water partition coefficient (Wildman–Crippen LogP) is 1.53. The fourth-order valence-corrected chi connectivity index (χ4v) is 3.48. The number of hydrogen-bond donors (Lipinski definition) is 2. The fourth-order valence-electron chi connectivity index (χ4n) is 3.48. The first-order valence-corrected chi connectivity index (χ1v) is 7.74. The zero-order chi connectivity index (χ0) is 13.9. The molecule has 0 aromatic rings. The van der Waals surface area contributed by atoms with E-state index < -0.39 is 5.60 Å². The Morgan fingerprint density at radius 3 is 2.42 bits per heavy atom. The summed E-state index contributed by atoms with van der Waals surface area (Å²) in [6, 6.07) is 0.383. The minimum absolute atomic E-state index is 0.122. The highest BCUT2D eigenvalue weighted by atomic mass is 16.3. The molecule has 1 aliphatic heterocycles. The number of amides is 1. The van der Waals surface area contributed by atoms with Gasteiger partial charge in [0.25, 0.3) is 0 Å². The number of rotatable bonds is 3. The van der Waals surface area contributed by atoms with Crippen LogP contribution in [-0.4, -0.2) is 47.7 Å². The van der Waals surface area contributed by atoms with Gasteiger partial charge in [-0.05, 0) is 38.8 Å². The third kappa shape index (κ3) is 3.29. The Hall–Kier alpha value is -0.610. The molecule has 0 radical (unpaired) electrons. The first-order valence-electron chi connectivity index (χ1n) is 7.74. The Morgan fingerprint density at radius 2 is 1.84 bits per heavy atom. The standard InChI is InChI=1S/C15H28N2O2/c1-12(15(19)8-10-16-11-9-15)14(18)17(2)13-6-4-3-5-7-13/h12-13,16,19H,3-11H2,1-2H3. The highest BCUT2D eigenvalue weighted by molar-refractivity contribution is 5.79. The Labute approximate surface area is 116 Å². The van der Waals surface area contributed by atoms with Crippen molar-refractivity contribution in [3.8, 4) is 0 Å². The molecule has 0 spiro atoms. The van der Waals surface area contributed by atoms with Gasteiger partial charge in [-0.1, -0.05) is 26.2 Å². The topological polar surface area (TPSA) is 52.6 Å². The zero-order valence-electron chi connectivity index (χ0n) is 12.3. The van der Waals surface area contributed by atoms with Crippen molar-refractivity contribution in [3.05, 3.63) is 0 Å². The van der Waals surface area contributed by atoms with Crippen LogP contribution in [-0.2, 0) is 4.79 Å². The predicted molar refractivity (Wildman–Crippen MR) is 75.9 cm³/mol. The van der Waals surface area contributed by atoms with E-state index in [9.17, 15) is 9.90 Å². The van der Waals surface area contributed by atoms with Crippen molar-refractivity contribution in [2.24, 2.45) is 5.92 Å². The maximum atomic E-state index is 12.6. The molecule has 2 rings (SSSR count). The average Bonchev–Trinajstić information content (AvgIpc) is 2.46. The summed E-state index contributed by atoms with van der Waals surface area (Å²) in [6.07, 6.45) is 7.35. The Balaban J connectivity index is 1.97. The third-order valence-electron chi connectivity index (χ3n) is 5.12. The largest absolute Gasteiger partial charge is 0.389 e. The lowest BCUT2D eigenvalue weighted by atomic mass is 9.80. The molecule has 1 saturated carbocycles. The van der Waals surface area contributed by atoms with Gasteiger partial charge >= 0.3 is 0 Å². The van der Waals surface area contributed by atoms with Crippen LogP contribution in [0.25, 0.3) is 0 Å². The van der Waals surface area contributed by atoms with Crippen LogP contribution in [0.4, 0.5) is 0 Å². The van der Waals surface area contributed by atoms with E-state index in [4.69, 9.17) is 0 Å². The second-order valence-corrected chi connectivity index (χ2v) is 6.32. The number of piperidine rings is 1. The van der Waals surface area contributed by atoms with Crippen molar-refractivity contribution in [2.45, 2.75) is 63.5 Å². The normalized spacial score (nSPS) is 25.8. The third-order valence-corrected chi connectivity index (χ3v) is 5.12. The number of nitrogens with one attached hydrogen (secondary N) is 1. The van der Waals surface area contributed by atoms with E-state index in [1.165, 1.54) is 19.3 Å². The van der Waals surface area contributed by atoms with Crippen LogP contribution in [0.5, 0.6) is 0 Å². The van der Waals surface area contributed by atoms with Crippen molar-refractivity contribution >= 4 is 5.91 Å². The minimum atomic E-state index is -0.814. The van der Waals surface area contributed by atoms with Crippen molar-refractivity contribution in [3.63, 3.8) is 0 Å². The quantitative estimate of drug-likeness (QED) is 0.816. The summed E-state index contributed by atoms with van der Waals surface area (Å²) in [5, 5.41) is 13.9. The first-order chi connectivity index (χ1) is 9.04. The van der Waals surface area contributed by atoms with Crippen LogP contribution in [0.3, 0.4) is 0 Å². The monoisotopic (exact) mass is 268 g/mol. The Kier molecular flexibility index (Phi) is 4.85. The summed E-state index contributed by atoms with van der Waals surface area (Å²) in [4.78, 5) is 14.5. The molecule has 1 unspecified atom stereocenters. The number of nitrogens with zero attached hydrogens (tertiary/aromatic N) is 1. The van der Waals surface area contributed by atoms with Gasteiger partial charge in [-0.25, -0.2) is 0 Å². The molecule has 1 heterocycles. The second-order valence-electron chi connectivity index (χ2n) is 6.32. The second kappa shape index (κ2) is 6.23. The number of carbonyl (C=O) groups is 1. The maximum Gasteiger partial charge on any atom is 0.228 e. The van der Waals surface area contributed by atoms with Crippen LogP contribution in [0.1, 0.15) is 51.9 Å². The molecule has 2 fully saturated rings. The molecule has 0 bridgehead atoms. The van der Waals surface area contributed by atoms with E-state index >= 15 is 0 Å². The summed E-state index contributed by atoms with van der Waals surface area (Å²) < 4.78 is 0. The molecule has 0 aromatic carbocycles. The minimum Gasteiger partial charge on any atom is -0.389 e. The van der Waals surface area contributed by atoms with Crippen LogP contribution in [0, 0.1) is 5.92 Å². The van der Waals surface area contributed by atoms with E-state index in [2.05, 4.69) is 5.32 Å². The number of carbonyl (C=O) groups excluding carboxylic acids is 1. The van der Waals surface area contributed by atoms with Crippen LogP contribution in [0.2, 0.25) is 0 Å². The molecule has 1 aliphatic carbocycles. The Morgan fingerprint density at radius 1 is 1.26 bits per heavy atom. The first kappa shape index (κ1) is 14.8.